The first-order valence-corrected chi connectivity index (χ1v) is 6.83. The molecule has 1 aromatic carbocycles. The molecule has 0 saturated heterocycles. The van der Waals surface area contributed by atoms with Crippen LogP contribution in [0, 0.1) is 6.39 Å². The molecule has 21 heavy (non-hydrogen) atoms. The van der Waals surface area contributed by atoms with Gasteiger partial charge in [0.25, 0.3) is 6.39 Å². The molecule has 111 valence electrons. The fraction of sp³-hybridized carbons (Fsp3) is 0.400. The number of hydrogen-bond donors (Lipinski definition) is 1. The van der Waals surface area contributed by atoms with Crippen LogP contribution in [0.25, 0.3) is 0 Å². The highest BCUT2D eigenvalue weighted by Crippen LogP contribution is 2.32. The predicted octanol–water partition coefficient (Wildman–Crippen LogP) is 1.79. The molecule has 0 aliphatic carbocycles. The van der Waals surface area contributed by atoms with Crippen molar-refractivity contribution in [3.8, 4) is 11.5 Å². The lowest BCUT2D eigenvalue weighted by Gasteiger charge is -2.24. The molecular formula is C15H18N3O3. The van der Waals surface area contributed by atoms with Gasteiger partial charge in [0.15, 0.2) is 17.3 Å². The van der Waals surface area contributed by atoms with Gasteiger partial charge in [-0.1, -0.05) is 6.07 Å². The van der Waals surface area contributed by atoms with Gasteiger partial charge >= 0.3 is 0 Å². The molecule has 3 rings (SSSR count). The quantitative estimate of drug-likeness (QED) is 0.874. The highest BCUT2D eigenvalue weighted by Gasteiger charge is 2.17. The molecule has 0 bridgehead atoms. The maximum Gasteiger partial charge on any atom is 0.285 e. The summed E-state index contributed by atoms with van der Waals surface area (Å²) >= 11 is 0. The lowest BCUT2D eigenvalue weighted by molar-refractivity contribution is 0.174. The Bertz CT molecular complexity index is 584. The normalized spacial score (nSPS) is 14.4. The molecule has 2 heterocycles. The number of oxazole rings is 1. The maximum absolute atomic E-state index is 5.42. The molecule has 1 aromatic heterocycles. The molecular weight excluding hydrogens is 270 g/mol. The minimum atomic E-state index is 0.306. The third-order valence-electron chi connectivity index (χ3n) is 3.55. The molecule has 1 unspecified atom stereocenters. The van der Waals surface area contributed by atoms with Crippen LogP contribution >= 0.6 is 0 Å². The number of fused-ring (bicyclic) bond motifs is 1. The number of anilines is 1. The lowest BCUT2D eigenvalue weighted by atomic mass is 10.0. The maximum atomic E-state index is 5.42. The minimum absolute atomic E-state index is 0.306. The van der Waals surface area contributed by atoms with E-state index in [1.54, 1.807) is 6.26 Å². The fourth-order valence-electron chi connectivity index (χ4n) is 2.26. The van der Waals surface area contributed by atoms with Crippen molar-refractivity contribution in [2.24, 2.45) is 0 Å². The van der Waals surface area contributed by atoms with Crippen molar-refractivity contribution >= 4 is 5.82 Å². The predicted molar refractivity (Wildman–Crippen MR) is 77.6 cm³/mol. The molecule has 2 aromatic rings. The van der Waals surface area contributed by atoms with E-state index in [1.165, 1.54) is 5.56 Å². The van der Waals surface area contributed by atoms with Crippen molar-refractivity contribution in [3.05, 3.63) is 36.4 Å². The van der Waals surface area contributed by atoms with Crippen LogP contribution in [-0.2, 0) is 6.42 Å². The average Bonchev–Trinajstić information content (AvgIpc) is 3.13. The summed E-state index contributed by atoms with van der Waals surface area (Å²) in [4.78, 5) is 6.13. The molecule has 1 aliphatic heterocycles. The molecule has 6 heteroatoms. The summed E-state index contributed by atoms with van der Waals surface area (Å²) in [6, 6.07) is 6.41. The van der Waals surface area contributed by atoms with Crippen LogP contribution in [0.3, 0.4) is 0 Å². The molecule has 0 amide bonds. The summed E-state index contributed by atoms with van der Waals surface area (Å²) in [5, 5.41) is 3.24. The molecule has 0 saturated carbocycles. The fourth-order valence-corrected chi connectivity index (χ4v) is 2.26. The number of nitrogens with one attached hydrogen (secondary N) is 1. The zero-order valence-electron chi connectivity index (χ0n) is 12.1. The van der Waals surface area contributed by atoms with Crippen LogP contribution in [-0.4, -0.2) is 43.4 Å². The monoisotopic (exact) mass is 288 g/mol. The van der Waals surface area contributed by atoms with E-state index in [9.17, 15) is 0 Å². The van der Waals surface area contributed by atoms with Crippen molar-refractivity contribution < 1.29 is 13.9 Å². The van der Waals surface area contributed by atoms with Crippen LogP contribution in [0.4, 0.5) is 5.82 Å². The number of likely N-dealkylation sites (N-methyl/N-ethyl adjacent to an activating group) is 1. The van der Waals surface area contributed by atoms with Crippen molar-refractivity contribution in [2.75, 3.05) is 32.7 Å². The number of nitrogens with zero attached hydrogens (tertiary/aromatic N) is 2. The third-order valence-corrected chi connectivity index (χ3v) is 3.55. The van der Waals surface area contributed by atoms with Crippen LogP contribution in [0.15, 0.2) is 28.9 Å². The summed E-state index contributed by atoms with van der Waals surface area (Å²) in [6.45, 7) is 1.07. The SMILES string of the molecule is CN(C)C(CNc1co[c]n1)Cc1ccc2c(c1)OCO2. The highest BCUT2D eigenvalue weighted by atomic mass is 16.7. The molecule has 6 nitrogen and oxygen atoms in total. The van der Waals surface area contributed by atoms with E-state index in [-0.39, 0.29) is 0 Å². The van der Waals surface area contributed by atoms with E-state index >= 15 is 0 Å². The Hall–Kier alpha value is -2.21. The van der Waals surface area contributed by atoms with Gasteiger partial charge in [-0.05, 0) is 38.2 Å². The summed E-state index contributed by atoms with van der Waals surface area (Å²) in [5.41, 5.74) is 1.21. The van der Waals surface area contributed by atoms with Gasteiger partial charge in [-0.2, -0.15) is 4.98 Å². The second-order valence-corrected chi connectivity index (χ2v) is 5.21. The highest BCUT2D eigenvalue weighted by molar-refractivity contribution is 5.44. The van der Waals surface area contributed by atoms with Crippen molar-refractivity contribution in [1.29, 1.82) is 0 Å². The van der Waals surface area contributed by atoms with Gasteiger partial charge in [-0.3, -0.25) is 0 Å². The summed E-state index contributed by atoms with van der Waals surface area (Å²) in [6.07, 6.45) is 4.88. The number of rotatable bonds is 6. The number of ether oxygens (including phenoxy) is 2. The molecule has 0 spiro atoms. The van der Waals surface area contributed by atoms with E-state index < -0.39 is 0 Å². The zero-order chi connectivity index (χ0) is 14.7. The van der Waals surface area contributed by atoms with Gasteiger partial charge in [0.2, 0.25) is 6.79 Å². The van der Waals surface area contributed by atoms with Gasteiger partial charge in [0.1, 0.15) is 6.26 Å². The molecule has 1 atom stereocenters. The Balaban J connectivity index is 1.64. The smallest absolute Gasteiger partial charge is 0.285 e. The average molecular weight is 288 g/mol. The van der Waals surface area contributed by atoms with E-state index in [0.29, 0.717) is 18.7 Å². The van der Waals surface area contributed by atoms with E-state index in [0.717, 1.165) is 24.5 Å². The Morgan fingerprint density at radius 1 is 1.33 bits per heavy atom. The second-order valence-electron chi connectivity index (χ2n) is 5.21. The van der Waals surface area contributed by atoms with Gasteiger partial charge < -0.3 is 24.1 Å². The molecule has 1 aliphatic rings. The van der Waals surface area contributed by atoms with Crippen molar-refractivity contribution in [1.82, 2.24) is 9.88 Å². The Kier molecular flexibility index (Phi) is 3.96. The summed E-state index contributed by atoms with van der Waals surface area (Å²) < 4.78 is 15.6. The first kappa shape index (κ1) is 13.8. The second kappa shape index (κ2) is 6.05. The van der Waals surface area contributed by atoms with Gasteiger partial charge in [-0.15, -0.1) is 0 Å². The topological polar surface area (TPSA) is 59.8 Å². The van der Waals surface area contributed by atoms with Gasteiger partial charge in [0.05, 0.1) is 0 Å². The third kappa shape index (κ3) is 3.28. The number of aromatic nitrogens is 1. The summed E-state index contributed by atoms with van der Waals surface area (Å²) in [5.74, 6) is 2.34. The lowest BCUT2D eigenvalue weighted by Crippen LogP contribution is -2.36. The Morgan fingerprint density at radius 2 is 2.19 bits per heavy atom. The minimum Gasteiger partial charge on any atom is -0.454 e. The standard InChI is InChI=1S/C15H18N3O3/c1-18(2)12(7-16-15-8-19-9-17-15)5-11-3-4-13-14(6-11)21-10-20-13/h3-4,6,8,12,16H,5,7,10H2,1-2H3. The Morgan fingerprint density at radius 3 is 2.95 bits per heavy atom. The van der Waals surface area contributed by atoms with Crippen LogP contribution in [0.1, 0.15) is 5.56 Å². The molecule has 1 N–H and O–H groups in total. The van der Waals surface area contributed by atoms with Crippen molar-refractivity contribution in [2.45, 2.75) is 12.5 Å². The molecule has 1 radical (unpaired) electrons. The van der Waals surface area contributed by atoms with Crippen LogP contribution in [0.2, 0.25) is 0 Å². The van der Waals surface area contributed by atoms with E-state index in [1.807, 2.05) is 12.1 Å². The molecule has 0 fully saturated rings. The Labute approximate surface area is 123 Å². The van der Waals surface area contributed by atoms with Crippen LogP contribution in [0.5, 0.6) is 11.5 Å². The largest absolute Gasteiger partial charge is 0.454 e. The summed E-state index contributed by atoms with van der Waals surface area (Å²) in [7, 11) is 4.13. The van der Waals surface area contributed by atoms with Gasteiger partial charge in [0, 0.05) is 12.6 Å². The zero-order valence-corrected chi connectivity index (χ0v) is 12.1. The first-order chi connectivity index (χ1) is 10.2. The van der Waals surface area contributed by atoms with E-state index in [4.69, 9.17) is 13.9 Å². The number of benzene rings is 1. The van der Waals surface area contributed by atoms with Crippen molar-refractivity contribution in [3.63, 3.8) is 0 Å². The van der Waals surface area contributed by atoms with Gasteiger partial charge in [-0.25, -0.2) is 0 Å². The van der Waals surface area contributed by atoms with E-state index in [2.05, 4.69) is 41.8 Å². The first-order valence-electron chi connectivity index (χ1n) is 6.83. The van der Waals surface area contributed by atoms with Crippen LogP contribution < -0.4 is 14.8 Å². The number of hydrogen-bond acceptors (Lipinski definition) is 6.